The second-order valence-electron chi connectivity index (χ2n) is 9.43. The number of unbranched alkanes of at least 4 members (excludes halogenated alkanes) is 2. The Hall–Kier alpha value is -3.03. The molecule has 0 aliphatic carbocycles. The van der Waals surface area contributed by atoms with Crippen molar-refractivity contribution in [2.24, 2.45) is 17.4 Å². The molecule has 2 aromatic rings. The lowest BCUT2D eigenvalue weighted by Gasteiger charge is -2.13. The van der Waals surface area contributed by atoms with Crippen LogP contribution in [0.5, 0.6) is 0 Å². The van der Waals surface area contributed by atoms with Gasteiger partial charge in [0.2, 0.25) is 0 Å². The standard InChI is InChI=1S/C29H41N3O4/c1-22(14-19-27(33)26(31)13-7-8-20-30)29(35)36-32-28(34)21-25-17-15-24(16-18-25)12-6-5-11-23-9-3-2-4-10-23/h2-4,9-10,15-18,22,26H,5-8,11-14,19-21,30-31H2,1H3,(H,32,34)/t22-,26-/m0/s1. The Morgan fingerprint density at radius 2 is 1.44 bits per heavy atom. The number of carbonyl (C=O) groups is 3. The van der Waals surface area contributed by atoms with E-state index in [0.29, 0.717) is 19.4 Å². The predicted octanol–water partition coefficient (Wildman–Crippen LogP) is 3.81. The summed E-state index contributed by atoms with van der Waals surface area (Å²) in [5.41, 5.74) is 17.0. The fourth-order valence-corrected chi connectivity index (χ4v) is 3.89. The van der Waals surface area contributed by atoms with Gasteiger partial charge in [-0.2, -0.15) is 5.48 Å². The van der Waals surface area contributed by atoms with Gasteiger partial charge in [-0.3, -0.25) is 9.59 Å². The maximum atomic E-state index is 12.2. The van der Waals surface area contributed by atoms with Crippen LogP contribution in [0.2, 0.25) is 0 Å². The van der Waals surface area contributed by atoms with E-state index in [0.717, 1.165) is 44.1 Å². The van der Waals surface area contributed by atoms with E-state index in [9.17, 15) is 14.4 Å². The third-order valence-electron chi connectivity index (χ3n) is 6.29. The zero-order valence-corrected chi connectivity index (χ0v) is 21.4. The first kappa shape index (κ1) is 29.2. The van der Waals surface area contributed by atoms with Crippen LogP contribution < -0.4 is 16.9 Å². The minimum absolute atomic E-state index is 0.0738. The van der Waals surface area contributed by atoms with Crippen LogP contribution in [0, 0.1) is 5.92 Å². The molecule has 0 saturated heterocycles. The molecular weight excluding hydrogens is 454 g/mol. The molecule has 0 unspecified atom stereocenters. The quantitative estimate of drug-likeness (QED) is 0.240. The van der Waals surface area contributed by atoms with Gasteiger partial charge in [-0.15, -0.1) is 0 Å². The van der Waals surface area contributed by atoms with Crippen LogP contribution >= 0.6 is 0 Å². The Morgan fingerprint density at radius 1 is 0.833 bits per heavy atom. The number of nitrogens with two attached hydrogens (primary N) is 2. The van der Waals surface area contributed by atoms with Crippen LogP contribution in [-0.4, -0.2) is 30.2 Å². The third-order valence-corrected chi connectivity index (χ3v) is 6.29. The van der Waals surface area contributed by atoms with Crippen molar-refractivity contribution >= 4 is 17.7 Å². The highest BCUT2D eigenvalue weighted by Crippen LogP contribution is 2.12. The second-order valence-corrected chi connectivity index (χ2v) is 9.43. The number of hydrogen-bond donors (Lipinski definition) is 3. The van der Waals surface area contributed by atoms with E-state index in [1.807, 2.05) is 30.3 Å². The highest BCUT2D eigenvalue weighted by atomic mass is 16.7. The first-order chi connectivity index (χ1) is 17.4. The van der Waals surface area contributed by atoms with Gasteiger partial charge in [-0.1, -0.05) is 67.9 Å². The third kappa shape index (κ3) is 11.6. The topological polar surface area (TPSA) is 125 Å². The molecule has 1 amide bonds. The lowest BCUT2D eigenvalue weighted by molar-refractivity contribution is -0.161. The smallest absolute Gasteiger partial charge is 0.335 e. The molecule has 2 aromatic carbocycles. The summed E-state index contributed by atoms with van der Waals surface area (Å²) < 4.78 is 0. The Labute approximate surface area is 214 Å². The maximum Gasteiger partial charge on any atom is 0.335 e. The summed E-state index contributed by atoms with van der Waals surface area (Å²) in [5.74, 6) is -1.56. The highest BCUT2D eigenvalue weighted by molar-refractivity contribution is 5.84. The van der Waals surface area contributed by atoms with Crippen LogP contribution in [0.15, 0.2) is 54.6 Å². The van der Waals surface area contributed by atoms with Crippen LogP contribution in [0.3, 0.4) is 0 Å². The predicted molar refractivity (Wildman–Crippen MR) is 142 cm³/mol. The molecule has 0 heterocycles. The number of hydrogen-bond acceptors (Lipinski definition) is 6. The number of benzene rings is 2. The number of rotatable bonds is 16. The largest absolute Gasteiger partial charge is 0.341 e. The van der Waals surface area contributed by atoms with E-state index in [4.69, 9.17) is 16.3 Å². The summed E-state index contributed by atoms with van der Waals surface area (Å²) in [5, 5.41) is 0. The van der Waals surface area contributed by atoms with Gasteiger partial charge in [0.05, 0.1) is 18.4 Å². The average molecular weight is 496 g/mol. The molecule has 0 bridgehead atoms. The van der Waals surface area contributed by atoms with Crippen molar-refractivity contribution in [1.29, 1.82) is 0 Å². The Morgan fingerprint density at radius 3 is 2.08 bits per heavy atom. The summed E-state index contributed by atoms with van der Waals surface area (Å²) in [7, 11) is 0. The van der Waals surface area contributed by atoms with Gasteiger partial charge >= 0.3 is 5.97 Å². The highest BCUT2D eigenvalue weighted by Gasteiger charge is 2.20. The number of ketones is 1. The van der Waals surface area contributed by atoms with Crippen molar-refractivity contribution in [2.45, 2.75) is 77.2 Å². The molecule has 2 atom stereocenters. The molecule has 0 spiro atoms. The van der Waals surface area contributed by atoms with Crippen LogP contribution in [0.4, 0.5) is 0 Å². The van der Waals surface area contributed by atoms with Crippen molar-refractivity contribution in [3.05, 3.63) is 71.3 Å². The van der Waals surface area contributed by atoms with Crippen LogP contribution in [0.1, 0.15) is 68.6 Å². The molecule has 2 rings (SSSR count). The Balaban J connectivity index is 1.62. The average Bonchev–Trinajstić information content (AvgIpc) is 2.89. The number of carbonyl (C=O) groups excluding carboxylic acids is 3. The molecule has 196 valence electrons. The van der Waals surface area contributed by atoms with Crippen molar-refractivity contribution in [3.63, 3.8) is 0 Å². The normalized spacial score (nSPS) is 12.5. The van der Waals surface area contributed by atoms with Crippen molar-refractivity contribution in [2.75, 3.05) is 6.54 Å². The molecule has 0 aromatic heterocycles. The van der Waals surface area contributed by atoms with Gasteiger partial charge in [0.15, 0.2) is 0 Å². The van der Waals surface area contributed by atoms with Gasteiger partial charge in [0.25, 0.3) is 5.91 Å². The van der Waals surface area contributed by atoms with Gasteiger partial charge in [0.1, 0.15) is 5.78 Å². The van der Waals surface area contributed by atoms with Crippen molar-refractivity contribution in [1.82, 2.24) is 5.48 Å². The second kappa shape index (κ2) is 16.6. The Bertz CT molecular complexity index is 931. The number of amides is 1. The maximum absolute atomic E-state index is 12.2. The van der Waals surface area contributed by atoms with E-state index >= 15 is 0 Å². The molecule has 7 heteroatoms. The summed E-state index contributed by atoms with van der Waals surface area (Å²) >= 11 is 0. The molecule has 5 N–H and O–H groups in total. The fraction of sp³-hybridized carbons (Fsp3) is 0.483. The molecule has 0 aliphatic rings. The SMILES string of the molecule is C[C@@H](CCC(=O)[C@@H](N)CCCCN)C(=O)ONC(=O)Cc1ccc(CCCCc2ccccc2)cc1. The van der Waals surface area contributed by atoms with Gasteiger partial charge in [0, 0.05) is 6.42 Å². The van der Waals surface area contributed by atoms with E-state index < -0.39 is 23.8 Å². The number of Topliss-reactive ketones (excluding diaryl/α,β-unsaturated/α-hetero) is 1. The van der Waals surface area contributed by atoms with Gasteiger partial charge in [-0.25, -0.2) is 4.79 Å². The summed E-state index contributed by atoms with van der Waals surface area (Å²) in [6.45, 7) is 2.25. The van der Waals surface area contributed by atoms with Crippen LogP contribution in [0.25, 0.3) is 0 Å². The first-order valence-electron chi connectivity index (χ1n) is 13.0. The van der Waals surface area contributed by atoms with Crippen LogP contribution in [-0.2, 0) is 38.5 Å². The zero-order chi connectivity index (χ0) is 26.2. The summed E-state index contributed by atoms with van der Waals surface area (Å²) in [6.07, 6.45) is 7.20. The Kier molecular flexibility index (Phi) is 13.5. The first-order valence-corrected chi connectivity index (χ1v) is 13.0. The molecule has 0 saturated carbocycles. The molecule has 36 heavy (non-hydrogen) atoms. The molecule has 0 aliphatic heterocycles. The van der Waals surface area contributed by atoms with E-state index in [1.165, 1.54) is 11.1 Å². The lowest BCUT2D eigenvalue weighted by Crippen LogP contribution is -2.33. The van der Waals surface area contributed by atoms with Crippen molar-refractivity contribution < 1.29 is 19.2 Å². The zero-order valence-electron chi connectivity index (χ0n) is 21.4. The summed E-state index contributed by atoms with van der Waals surface area (Å²) in [4.78, 5) is 41.4. The fourth-order valence-electron chi connectivity index (χ4n) is 3.89. The van der Waals surface area contributed by atoms with Crippen molar-refractivity contribution in [3.8, 4) is 0 Å². The number of nitrogens with one attached hydrogen (secondary N) is 1. The van der Waals surface area contributed by atoms with Gasteiger partial charge in [-0.05, 0) is 68.2 Å². The van der Waals surface area contributed by atoms with Gasteiger partial charge < -0.3 is 16.3 Å². The molecular formula is C29H41N3O4. The van der Waals surface area contributed by atoms with E-state index in [-0.39, 0.29) is 18.6 Å². The minimum atomic E-state index is -0.571. The van der Waals surface area contributed by atoms with E-state index in [1.54, 1.807) is 6.92 Å². The number of aryl methyl sites for hydroxylation is 2. The summed E-state index contributed by atoms with van der Waals surface area (Å²) in [6, 6.07) is 17.9. The molecule has 0 radical (unpaired) electrons. The van der Waals surface area contributed by atoms with E-state index in [2.05, 4.69) is 29.7 Å². The monoisotopic (exact) mass is 495 g/mol. The molecule has 0 fully saturated rings. The number of hydroxylamine groups is 1. The lowest BCUT2D eigenvalue weighted by atomic mass is 9.98. The minimum Gasteiger partial charge on any atom is -0.341 e. The molecule has 7 nitrogen and oxygen atoms in total.